The lowest BCUT2D eigenvalue weighted by Crippen LogP contribution is -2.42. The van der Waals surface area contributed by atoms with Crippen LogP contribution in [0.2, 0.25) is 0 Å². The Morgan fingerprint density at radius 3 is 2.49 bits per heavy atom. The number of halogens is 1. The van der Waals surface area contributed by atoms with Gasteiger partial charge in [-0.2, -0.15) is 0 Å². The molecule has 1 fully saturated rings. The van der Waals surface area contributed by atoms with Crippen LogP contribution >= 0.6 is 11.8 Å². The van der Waals surface area contributed by atoms with Gasteiger partial charge in [-0.3, -0.25) is 4.79 Å². The number of carbonyl (C=O) groups is 2. The Morgan fingerprint density at radius 1 is 1.05 bits per heavy atom. The van der Waals surface area contributed by atoms with Crippen molar-refractivity contribution in [2.75, 3.05) is 24.2 Å². The van der Waals surface area contributed by atoms with E-state index in [2.05, 4.69) is 10.2 Å². The molecule has 2 heterocycles. The van der Waals surface area contributed by atoms with Crippen molar-refractivity contribution >= 4 is 40.2 Å². The standard InChI is InChI=1S/C29H26FN3O3S/c1-2-36-28(35)24-25(19-7-4-3-5-8-19)32-29-33(17-6-18-37-29)26(24)20-11-15-23(16-12-20)31-27(34)21-9-13-22(30)14-10-21/h3-5,7-16,26H,2,6,17-18H2,1H3,(H,31,34). The molecule has 0 bridgehead atoms. The molecule has 0 spiro atoms. The summed E-state index contributed by atoms with van der Waals surface area (Å²) < 4.78 is 18.7. The summed E-state index contributed by atoms with van der Waals surface area (Å²) in [4.78, 5) is 33.0. The van der Waals surface area contributed by atoms with E-state index in [1.165, 1.54) is 24.3 Å². The van der Waals surface area contributed by atoms with Gasteiger partial charge in [0.25, 0.3) is 5.91 Å². The number of benzene rings is 3. The number of esters is 1. The van der Waals surface area contributed by atoms with Gasteiger partial charge in [-0.1, -0.05) is 54.2 Å². The highest BCUT2D eigenvalue weighted by Crippen LogP contribution is 2.43. The van der Waals surface area contributed by atoms with Crippen molar-refractivity contribution in [3.8, 4) is 0 Å². The minimum Gasteiger partial charge on any atom is -0.463 e. The largest absolute Gasteiger partial charge is 0.463 e. The van der Waals surface area contributed by atoms with Gasteiger partial charge < -0.3 is 15.0 Å². The molecule has 1 saturated heterocycles. The molecule has 6 nitrogen and oxygen atoms in total. The monoisotopic (exact) mass is 515 g/mol. The van der Waals surface area contributed by atoms with Gasteiger partial charge in [0.1, 0.15) is 5.82 Å². The van der Waals surface area contributed by atoms with Crippen molar-refractivity contribution in [2.45, 2.75) is 19.4 Å². The number of amidine groups is 1. The molecule has 2 aliphatic heterocycles. The number of carbonyl (C=O) groups excluding carboxylic acids is 2. The molecule has 2 aliphatic rings. The fourth-order valence-electron chi connectivity index (χ4n) is 4.49. The molecule has 3 aromatic carbocycles. The second kappa shape index (κ2) is 11.0. The number of hydrogen-bond acceptors (Lipinski definition) is 6. The van der Waals surface area contributed by atoms with Gasteiger partial charge in [0.15, 0.2) is 5.17 Å². The number of ether oxygens (including phenoxy) is 1. The first-order valence-electron chi connectivity index (χ1n) is 12.2. The van der Waals surface area contributed by atoms with E-state index in [1.54, 1.807) is 18.7 Å². The predicted molar refractivity (Wildman–Crippen MR) is 145 cm³/mol. The van der Waals surface area contributed by atoms with Crippen molar-refractivity contribution in [1.82, 2.24) is 4.90 Å². The van der Waals surface area contributed by atoms with E-state index in [9.17, 15) is 14.0 Å². The van der Waals surface area contributed by atoms with Gasteiger partial charge in [-0.05, 0) is 55.3 Å². The highest BCUT2D eigenvalue weighted by atomic mass is 32.2. The number of amides is 1. The van der Waals surface area contributed by atoms with Crippen molar-refractivity contribution in [2.24, 2.45) is 4.99 Å². The Kier molecular flexibility index (Phi) is 7.37. The normalized spacial score (nSPS) is 17.1. The lowest BCUT2D eigenvalue weighted by Gasteiger charge is -2.41. The fraction of sp³-hybridized carbons (Fsp3) is 0.207. The van der Waals surface area contributed by atoms with Crippen molar-refractivity contribution in [3.05, 3.63) is 107 Å². The Balaban J connectivity index is 1.52. The molecule has 0 radical (unpaired) electrons. The van der Waals surface area contributed by atoms with Crippen LogP contribution in [0.15, 0.2) is 89.4 Å². The zero-order chi connectivity index (χ0) is 25.8. The summed E-state index contributed by atoms with van der Waals surface area (Å²) in [5.41, 5.74) is 3.84. The van der Waals surface area contributed by atoms with Gasteiger partial charge in [-0.25, -0.2) is 14.2 Å². The molecule has 3 aromatic rings. The maximum atomic E-state index is 13.4. The van der Waals surface area contributed by atoms with Gasteiger partial charge in [0.05, 0.1) is 23.9 Å². The number of rotatable bonds is 6. The van der Waals surface area contributed by atoms with Gasteiger partial charge in [0, 0.05) is 29.1 Å². The summed E-state index contributed by atoms with van der Waals surface area (Å²) in [7, 11) is 0. The highest BCUT2D eigenvalue weighted by molar-refractivity contribution is 8.13. The molecule has 0 aliphatic carbocycles. The van der Waals surface area contributed by atoms with Crippen molar-refractivity contribution in [3.63, 3.8) is 0 Å². The third-order valence-electron chi connectivity index (χ3n) is 6.20. The van der Waals surface area contributed by atoms with E-state index >= 15 is 0 Å². The molecule has 37 heavy (non-hydrogen) atoms. The molecular formula is C29H26FN3O3S. The maximum Gasteiger partial charge on any atom is 0.338 e. The van der Waals surface area contributed by atoms with Crippen molar-refractivity contribution in [1.29, 1.82) is 0 Å². The fourth-order valence-corrected chi connectivity index (χ4v) is 5.46. The van der Waals surface area contributed by atoms with E-state index < -0.39 is 11.8 Å². The summed E-state index contributed by atoms with van der Waals surface area (Å²) in [6.45, 7) is 2.82. The van der Waals surface area contributed by atoms with Crippen LogP contribution in [0.25, 0.3) is 5.70 Å². The molecule has 1 atom stereocenters. The van der Waals surface area contributed by atoms with Gasteiger partial charge in [0.2, 0.25) is 0 Å². The predicted octanol–water partition coefficient (Wildman–Crippen LogP) is 5.90. The molecular weight excluding hydrogens is 489 g/mol. The summed E-state index contributed by atoms with van der Waals surface area (Å²) in [5, 5.41) is 3.73. The first kappa shape index (κ1) is 24.8. The first-order chi connectivity index (χ1) is 18.0. The summed E-state index contributed by atoms with van der Waals surface area (Å²) >= 11 is 1.69. The van der Waals surface area contributed by atoms with Crippen LogP contribution in [0, 0.1) is 5.82 Å². The van der Waals surface area contributed by atoms with Gasteiger partial charge >= 0.3 is 5.97 Å². The molecule has 5 rings (SSSR count). The minimum atomic E-state index is -0.396. The molecule has 0 aromatic heterocycles. The summed E-state index contributed by atoms with van der Waals surface area (Å²) in [6, 6.07) is 22.2. The number of thioether (sulfide) groups is 1. The second-order valence-electron chi connectivity index (χ2n) is 8.62. The Bertz CT molecular complexity index is 1360. The smallest absolute Gasteiger partial charge is 0.338 e. The van der Waals surface area contributed by atoms with Gasteiger partial charge in [-0.15, -0.1) is 0 Å². The number of nitrogens with zero attached hydrogens (tertiary/aromatic N) is 2. The zero-order valence-corrected chi connectivity index (χ0v) is 21.1. The minimum absolute atomic E-state index is 0.261. The van der Waals surface area contributed by atoms with Crippen molar-refractivity contribution < 1.29 is 18.7 Å². The third-order valence-corrected chi connectivity index (χ3v) is 7.28. The van der Waals surface area contributed by atoms with E-state index in [4.69, 9.17) is 9.73 Å². The molecule has 0 saturated carbocycles. The van der Waals surface area contributed by atoms with E-state index in [1.807, 2.05) is 54.6 Å². The van der Waals surface area contributed by atoms with Crippen LogP contribution in [0.3, 0.4) is 0 Å². The quantitative estimate of drug-likeness (QED) is 0.414. The molecule has 1 unspecified atom stereocenters. The van der Waals surface area contributed by atoms with Crippen LogP contribution < -0.4 is 5.32 Å². The average molecular weight is 516 g/mol. The number of anilines is 1. The Morgan fingerprint density at radius 2 is 1.78 bits per heavy atom. The number of hydrogen-bond donors (Lipinski definition) is 1. The number of nitrogens with one attached hydrogen (secondary N) is 1. The Hall–Kier alpha value is -3.91. The highest BCUT2D eigenvalue weighted by Gasteiger charge is 2.39. The second-order valence-corrected chi connectivity index (χ2v) is 9.69. The van der Waals surface area contributed by atoms with Crippen LogP contribution in [0.1, 0.15) is 40.9 Å². The number of fused-ring (bicyclic) bond motifs is 1. The van der Waals surface area contributed by atoms with E-state index in [-0.39, 0.29) is 18.6 Å². The molecule has 1 N–H and O–H groups in total. The zero-order valence-electron chi connectivity index (χ0n) is 20.3. The molecule has 8 heteroatoms. The lowest BCUT2D eigenvalue weighted by molar-refractivity contribution is -0.139. The van der Waals surface area contributed by atoms with E-state index in [0.29, 0.717) is 22.5 Å². The van der Waals surface area contributed by atoms with Crippen LogP contribution in [-0.4, -0.2) is 40.8 Å². The molecule has 188 valence electrons. The summed E-state index contributed by atoms with van der Waals surface area (Å²) in [5.74, 6) is -0.149. The topological polar surface area (TPSA) is 71.0 Å². The Labute approximate surface area is 219 Å². The van der Waals surface area contributed by atoms with E-state index in [0.717, 1.165) is 35.0 Å². The average Bonchev–Trinajstić information content (AvgIpc) is 2.93. The van der Waals surface area contributed by atoms with Crippen LogP contribution in [-0.2, 0) is 9.53 Å². The number of aliphatic imine (C=N–C) groups is 1. The molecule has 1 amide bonds. The maximum absolute atomic E-state index is 13.4. The van der Waals surface area contributed by atoms with Crippen LogP contribution in [0.5, 0.6) is 0 Å². The lowest BCUT2D eigenvalue weighted by atomic mass is 9.91. The third kappa shape index (κ3) is 5.29. The van der Waals surface area contributed by atoms with Crippen LogP contribution in [0.4, 0.5) is 10.1 Å². The SMILES string of the molecule is CCOC(=O)C1=C(c2ccccc2)N=C2SCCCN2C1c1ccc(NC(=O)c2ccc(F)cc2)cc1. The first-order valence-corrected chi connectivity index (χ1v) is 13.2. The summed E-state index contributed by atoms with van der Waals surface area (Å²) in [6.07, 6.45) is 0.975.